The average Bonchev–Trinajstić information content (AvgIpc) is 2.35. The summed E-state index contributed by atoms with van der Waals surface area (Å²) in [7, 11) is 0. The summed E-state index contributed by atoms with van der Waals surface area (Å²) in [5.74, 6) is 3.09. The highest BCUT2D eigenvalue weighted by Crippen LogP contribution is 2.61. The molecule has 0 amide bonds. The Labute approximate surface area is 124 Å². The summed E-state index contributed by atoms with van der Waals surface area (Å²) in [6.45, 7) is 2.22. The number of hydrogen-bond acceptors (Lipinski definition) is 4. The third-order valence-corrected chi connectivity index (χ3v) is 6.03. The van der Waals surface area contributed by atoms with Crippen molar-refractivity contribution in [3.05, 3.63) is 0 Å². The summed E-state index contributed by atoms with van der Waals surface area (Å²) in [5, 5.41) is 3.45. The van der Waals surface area contributed by atoms with E-state index in [4.69, 9.17) is 0 Å². The van der Waals surface area contributed by atoms with Gasteiger partial charge in [-0.3, -0.25) is 0 Å². The second-order valence-electron chi connectivity index (χ2n) is 7.30. The van der Waals surface area contributed by atoms with Gasteiger partial charge >= 0.3 is 0 Å². The Balaban J connectivity index is 1.33. The summed E-state index contributed by atoms with van der Waals surface area (Å²) in [4.78, 5) is 0. The third-order valence-electron chi connectivity index (χ3n) is 5.67. The van der Waals surface area contributed by atoms with E-state index in [2.05, 4.69) is 9.50 Å². The minimum absolute atomic E-state index is 0.292. The molecule has 4 aliphatic carbocycles. The van der Waals surface area contributed by atoms with E-state index in [9.17, 15) is 8.76 Å². The maximum absolute atomic E-state index is 10.2. The molecule has 0 radical (unpaired) electrons. The fourth-order valence-corrected chi connectivity index (χ4v) is 5.65. The Morgan fingerprint density at radius 2 is 1.70 bits per heavy atom. The van der Waals surface area contributed by atoms with Gasteiger partial charge in [-0.1, -0.05) is 0 Å². The molecular formula is C15H26NO3S-. The van der Waals surface area contributed by atoms with Crippen LogP contribution in [0, 0.1) is 23.2 Å². The molecule has 4 saturated carbocycles. The molecule has 1 unspecified atom stereocenters. The minimum atomic E-state index is -2.36. The van der Waals surface area contributed by atoms with Gasteiger partial charge in [0, 0.05) is 0 Å². The van der Waals surface area contributed by atoms with E-state index in [1.807, 2.05) is 0 Å². The van der Waals surface area contributed by atoms with Crippen LogP contribution in [0.15, 0.2) is 0 Å². The Morgan fingerprint density at radius 3 is 2.25 bits per heavy atom. The molecule has 0 heterocycles. The van der Waals surface area contributed by atoms with Gasteiger partial charge in [0.15, 0.2) is 0 Å². The molecule has 1 atom stereocenters. The molecule has 4 aliphatic rings. The van der Waals surface area contributed by atoms with Crippen LogP contribution >= 0.6 is 0 Å². The lowest BCUT2D eigenvalue weighted by Crippen LogP contribution is -2.47. The van der Waals surface area contributed by atoms with Crippen molar-refractivity contribution in [2.24, 2.45) is 23.2 Å². The summed E-state index contributed by atoms with van der Waals surface area (Å²) in [6, 6.07) is 0. The van der Waals surface area contributed by atoms with E-state index in [1.165, 1.54) is 44.9 Å². The maximum atomic E-state index is 10.2. The molecule has 4 fully saturated rings. The molecule has 1 N–H and O–H groups in total. The van der Waals surface area contributed by atoms with Crippen molar-refractivity contribution >= 4 is 11.4 Å². The number of nitrogens with one attached hydrogen (secondary N) is 1. The first kappa shape index (κ1) is 14.9. The molecule has 4 bridgehead atoms. The number of rotatable bonds is 8. The van der Waals surface area contributed by atoms with Crippen molar-refractivity contribution < 1.29 is 12.9 Å². The second-order valence-corrected chi connectivity index (χ2v) is 7.94. The van der Waals surface area contributed by atoms with Crippen LogP contribution in [0.3, 0.4) is 0 Å². The van der Waals surface area contributed by atoms with Crippen LogP contribution in [0.2, 0.25) is 0 Å². The summed E-state index contributed by atoms with van der Waals surface area (Å²) in [6.07, 6.45) is 11.0. The molecule has 116 valence electrons. The third kappa shape index (κ3) is 3.62. The van der Waals surface area contributed by atoms with Crippen molar-refractivity contribution in [1.29, 1.82) is 0 Å². The Kier molecular flexibility index (Phi) is 4.80. The predicted octanol–water partition coefficient (Wildman–Crippen LogP) is 2.38. The highest BCUT2D eigenvalue weighted by molar-refractivity contribution is 7.74. The normalized spacial score (nSPS) is 40.1. The lowest BCUT2D eigenvalue weighted by Gasteiger charge is -2.57. The highest BCUT2D eigenvalue weighted by Gasteiger charge is 2.50. The van der Waals surface area contributed by atoms with E-state index >= 15 is 0 Å². The van der Waals surface area contributed by atoms with Crippen LogP contribution in [-0.4, -0.2) is 28.5 Å². The average molecular weight is 300 g/mol. The van der Waals surface area contributed by atoms with Gasteiger partial charge in [0.25, 0.3) is 0 Å². The van der Waals surface area contributed by atoms with Gasteiger partial charge in [-0.2, -0.15) is 0 Å². The molecular weight excluding hydrogens is 274 g/mol. The van der Waals surface area contributed by atoms with Crippen LogP contribution in [-0.2, 0) is 15.5 Å². The lowest BCUT2D eigenvalue weighted by molar-refractivity contribution is -0.0567. The van der Waals surface area contributed by atoms with Gasteiger partial charge in [-0.15, -0.1) is 0 Å². The standard InChI is InChI=1S/C15H27NO3S/c17-20(18)19-5-1-3-16-4-2-15-9-12-6-13(10-15)8-14(7-12)11-15/h12-14,16H,1-11H2,(H,17,18)/p-1. The molecule has 0 aliphatic heterocycles. The Morgan fingerprint density at radius 1 is 1.10 bits per heavy atom. The van der Waals surface area contributed by atoms with E-state index in [0.717, 1.165) is 37.3 Å². The molecule has 0 aromatic rings. The molecule has 0 spiro atoms. The van der Waals surface area contributed by atoms with E-state index in [0.29, 0.717) is 12.0 Å². The van der Waals surface area contributed by atoms with Crippen molar-refractivity contribution in [3.8, 4) is 0 Å². The lowest BCUT2D eigenvalue weighted by atomic mass is 9.49. The fourth-order valence-electron chi connectivity index (χ4n) is 5.40. The summed E-state index contributed by atoms with van der Waals surface area (Å²) < 4.78 is 24.9. The molecule has 20 heavy (non-hydrogen) atoms. The van der Waals surface area contributed by atoms with Crippen LogP contribution in [0.5, 0.6) is 0 Å². The van der Waals surface area contributed by atoms with Crippen molar-refractivity contribution in [2.45, 2.75) is 51.4 Å². The van der Waals surface area contributed by atoms with E-state index in [1.54, 1.807) is 0 Å². The Hall–Kier alpha value is 0.0300. The zero-order valence-electron chi connectivity index (χ0n) is 12.1. The summed E-state index contributed by atoms with van der Waals surface area (Å²) in [5.41, 5.74) is 0.648. The molecule has 0 aromatic carbocycles. The quantitative estimate of drug-likeness (QED) is 0.552. The fraction of sp³-hybridized carbons (Fsp3) is 1.00. The van der Waals surface area contributed by atoms with Crippen LogP contribution < -0.4 is 5.32 Å². The smallest absolute Gasteiger partial charge is 0.0842 e. The Bertz CT molecular complexity index is 326. The molecule has 0 aromatic heterocycles. The largest absolute Gasteiger partial charge is 0.750 e. The predicted molar refractivity (Wildman–Crippen MR) is 77.6 cm³/mol. The van der Waals surface area contributed by atoms with Crippen LogP contribution in [0.1, 0.15) is 51.4 Å². The van der Waals surface area contributed by atoms with Gasteiger partial charge in [-0.05, 0) is 87.6 Å². The van der Waals surface area contributed by atoms with Gasteiger partial charge < -0.3 is 14.1 Å². The van der Waals surface area contributed by atoms with Gasteiger partial charge in [0.1, 0.15) is 0 Å². The van der Waals surface area contributed by atoms with Crippen molar-refractivity contribution in [2.75, 3.05) is 19.7 Å². The van der Waals surface area contributed by atoms with Crippen LogP contribution in [0.4, 0.5) is 0 Å². The van der Waals surface area contributed by atoms with E-state index < -0.39 is 11.4 Å². The zero-order valence-corrected chi connectivity index (χ0v) is 13.0. The van der Waals surface area contributed by atoms with Gasteiger partial charge in [0.2, 0.25) is 0 Å². The molecule has 5 heteroatoms. The molecule has 0 saturated heterocycles. The molecule has 4 nitrogen and oxygen atoms in total. The van der Waals surface area contributed by atoms with E-state index in [-0.39, 0.29) is 0 Å². The monoisotopic (exact) mass is 300 g/mol. The summed E-state index contributed by atoms with van der Waals surface area (Å²) >= 11 is -2.36. The number of hydrogen-bond donors (Lipinski definition) is 1. The van der Waals surface area contributed by atoms with Crippen molar-refractivity contribution in [3.63, 3.8) is 0 Å². The second kappa shape index (κ2) is 6.42. The topological polar surface area (TPSA) is 61.4 Å². The molecule has 4 rings (SSSR count). The highest BCUT2D eigenvalue weighted by atomic mass is 32.2. The van der Waals surface area contributed by atoms with Crippen molar-refractivity contribution in [1.82, 2.24) is 5.32 Å². The SMILES string of the molecule is O=S([O-])OCCCNCCC12CC3CC(CC(C3)C1)C2. The maximum Gasteiger partial charge on any atom is 0.0842 e. The first-order valence-electron chi connectivity index (χ1n) is 8.08. The first-order valence-corrected chi connectivity index (χ1v) is 9.08. The first-order chi connectivity index (χ1) is 9.65. The zero-order chi connectivity index (χ0) is 14.0. The minimum Gasteiger partial charge on any atom is -0.750 e. The van der Waals surface area contributed by atoms with Gasteiger partial charge in [0.05, 0.1) is 18.0 Å². The van der Waals surface area contributed by atoms with Gasteiger partial charge in [-0.25, -0.2) is 4.21 Å². The van der Waals surface area contributed by atoms with Crippen LogP contribution in [0.25, 0.3) is 0 Å².